The highest BCUT2D eigenvalue weighted by molar-refractivity contribution is 5.89. The monoisotopic (exact) mass is 238 g/mol. The van der Waals surface area contributed by atoms with E-state index in [2.05, 4.69) is 12.1 Å². The molecular formula is C15H14N2O. The highest BCUT2D eigenvalue weighted by Crippen LogP contribution is 2.32. The van der Waals surface area contributed by atoms with E-state index >= 15 is 0 Å². The van der Waals surface area contributed by atoms with E-state index in [4.69, 9.17) is 10.7 Å². The second-order valence-electron chi connectivity index (χ2n) is 4.21. The summed E-state index contributed by atoms with van der Waals surface area (Å²) in [6, 6.07) is 20.2. The number of hydrogen-bond acceptors (Lipinski definition) is 3. The minimum atomic E-state index is 0.592. The van der Waals surface area contributed by atoms with Crippen molar-refractivity contribution < 1.29 is 4.84 Å². The molecule has 0 atom stereocenters. The van der Waals surface area contributed by atoms with E-state index in [0.717, 1.165) is 22.5 Å². The fourth-order valence-electron chi connectivity index (χ4n) is 2.11. The fraction of sp³-hybridized carbons (Fsp3) is 0.0667. The molecule has 0 aliphatic carbocycles. The molecule has 0 fully saturated rings. The average Bonchev–Trinajstić information content (AvgIpc) is 2.83. The highest BCUT2D eigenvalue weighted by Gasteiger charge is 2.23. The van der Waals surface area contributed by atoms with Crippen LogP contribution in [-0.2, 0) is 4.84 Å². The lowest BCUT2D eigenvalue weighted by Gasteiger charge is -2.08. The lowest BCUT2D eigenvalue weighted by molar-refractivity contribution is -0.0622. The van der Waals surface area contributed by atoms with Crippen LogP contribution in [0.4, 0.5) is 0 Å². The second kappa shape index (κ2) is 4.64. The zero-order valence-electron chi connectivity index (χ0n) is 9.91. The Morgan fingerprint density at radius 2 is 1.39 bits per heavy atom. The molecule has 3 rings (SSSR count). The molecule has 0 saturated heterocycles. The summed E-state index contributed by atoms with van der Waals surface area (Å²) in [6.45, 7) is 0.592. The summed E-state index contributed by atoms with van der Waals surface area (Å²) in [5.41, 5.74) is 3.30. The van der Waals surface area contributed by atoms with Crippen LogP contribution >= 0.6 is 0 Å². The summed E-state index contributed by atoms with van der Waals surface area (Å²) in [7, 11) is 0. The van der Waals surface area contributed by atoms with Gasteiger partial charge in [-0.25, -0.2) is 5.84 Å². The Labute approximate surface area is 106 Å². The van der Waals surface area contributed by atoms with Gasteiger partial charge in [-0.2, -0.15) is 0 Å². The van der Waals surface area contributed by atoms with Crippen molar-refractivity contribution >= 4 is 11.3 Å². The number of hydroxylamine groups is 1. The molecule has 0 unspecified atom stereocenters. The molecule has 0 amide bonds. The Morgan fingerprint density at radius 3 is 2.00 bits per heavy atom. The first kappa shape index (κ1) is 11.0. The minimum Gasteiger partial charge on any atom is -0.390 e. The van der Waals surface area contributed by atoms with Gasteiger partial charge in [-0.3, -0.25) is 0 Å². The van der Waals surface area contributed by atoms with Gasteiger partial charge in [0.1, 0.15) is 0 Å². The van der Waals surface area contributed by atoms with Crippen LogP contribution in [0.25, 0.3) is 11.3 Å². The van der Waals surface area contributed by atoms with E-state index < -0.39 is 0 Å². The van der Waals surface area contributed by atoms with E-state index in [1.54, 1.807) is 0 Å². The Balaban J connectivity index is 2.09. The molecule has 1 heterocycles. The summed E-state index contributed by atoms with van der Waals surface area (Å²) in [4.78, 5) is 5.61. The molecule has 0 spiro atoms. The quantitative estimate of drug-likeness (QED) is 0.817. The SMILES string of the molecule is NN1CC(c2ccccc2)=C(c2ccccc2)O1. The summed E-state index contributed by atoms with van der Waals surface area (Å²) < 4.78 is 0. The van der Waals surface area contributed by atoms with Crippen LogP contribution < -0.4 is 5.84 Å². The van der Waals surface area contributed by atoms with Crippen molar-refractivity contribution in [3.63, 3.8) is 0 Å². The molecule has 18 heavy (non-hydrogen) atoms. The predicted molar refractivity (Wildman–Crippen MR) is 71.7 cm³/mol. The number of nitrogens with zero attached hydrogens (tertiary/aromatic N) is 1. The maximum Gasteiger partial charge on any atom is 0.161 e. The summed E-state index contributed by atoms with van der Waals surface area (Å²) >= 11 is 0. The number of hydrazine groups is 1. The molecule has 1 aliphatic rings. The van der Waals surface area contributed by atoms with Gasteiger partial charge in [-0.1, -0.05) is 65.8 Å². The Hall–Kier alpha value is -2.10. The largest absolute Gasteiger partial charge is 0.390 e. The molecular weight excluding hydrogens is 224 g/mol. The zero-order chi connectivity index (χ0) is 12.4. The topological polar surface area (TPSA) is 38.5 Å². The first-order chi connectivity index (χ1) is 8.84. The van der Waals surface area contributed by atoms with Crippen LogP contribution in [0.15, 0.2) is 60.7 Å². The molecule has 0 radical (unpaired) electrons. The van der Waals surface area contributed by atoms with Gasteiger partial charge in [0.2, 0.25) is 0 Å². The molecule has 0 saturated carbocycles. The van der Waals surface area contributed by atoms with Crippen molar-refractivity contribution in [2.24, 2.45) is 5.84 Å². The van der Waals surface area contributed by atoms with Crippen LogP contribution in [0.2, 0.25) is 0 Å². The number of benzene rings is 2. The van der Waals surface area contributed by atoms with E-state index in [-0.39, 0.29) is 0 Å². The molecule has 0 aromatic heterocycles. The van der Waals surface area contributed by atoms with Crippen LogP contribution in [-0.4, -0.2) is 11.7 Å². The van der Waals surface area contributed by atoms with Crippen molar-refractivity contribution in [3.8, 4) is 0 Å². The van der Waals surface area contributed by atoms with Crippen LogP contribution in [0.3, 0.4) is 0 Å². The van der Waals surface area contributed by atoms with Gasteiger partial charge < -0.3 is 4.84 Å². The summed E-state index contributed by atoms with van der Waals surface area (Å²) in [5.74, 6) is 6.60. The van der Waals surface area contributed by atoms with Crippen molar-refractivity contribution in [3.05, 3.63) is 71.8 Å². The van der Waals surface area contributed by atoms with Crippen LogP contribution in [0, 0.1) is 0 Å². The van der Waals surface area contributed by atoms with Crippen LogP contribution in [0.1, 0.15) is 11.1 Å². The predicted octanol–water partition coefficient (Wildman–Crippen LogP) is 2.68. The van der Waals surface area contributed by atoms with Gasteiger partial charge in [-0.15, -0.1) is 0 Å². The first-order valence-electron chi connectivity index (χ1n) is 5.89. The van der Waals surface area contributed by atoms with E-state index in [1.165, 1.54) is 5.17 Å². The fourth-order valence-corrected chi connectivity index (χ4v) is 2.11. The van der Waals surface area contributed by atoms with Crippen molar-refractivity contribution in [1.82, 2.24) is 5.17 Å². The van der Waals surface area contributed by atoms with Crippen molar-refractivity contribution in [2.75, 3.05) is 6.54 Å². The highest BCUT2D eigenvalue weighted by atomic mass is 16.7. The maximum atomic E-state index is 5.76. The van der Waals surface area contributed by atoms with Gasteiger partial charge in [0.25, 0.3) is 0 Å². The third-order valence-corrected chi connectivity index (χ3v) is 2.95. The van der Waals surface area contributed by atoms with Gasteiger partial charge in [-0.05, 0) is 5.56 Å². The maximum absolute atomic E-state index is 5.76. The van der Waals surface area contributed by atoms with Gasteiger partial charge >= 0.3 is 0 Å². The number of hydrogen-bond donors (Lipinski definition) is 1. The normalized spacial score (nSPS) is 15.8. The lowest BCUT2D eigenvalue weighted by atomic mass is 10.0. The van der Waals surface area contributed by atoms with Gasteiger partial charge in [0, 0.05) is 11.1 Å². The molecule has 1 aliphatic heterocycles. The molecule has 3 heteroatoms. The van der Waals surface area contributed by atoms with Gasteiger partial charge in [0.15, 0.2) is 5.76 Å². The van der Waals surface area contributed by atoms with E-state index in [1.807, 2.05) is 48.5 Å². The van der Waals surface area contributed by atoms with Crippen molar-refractivity contribution in [1.29, 1.82) is 0 Å². The van der Waals surface area contributed by atoms with Gasteiger partial charge in [0.05, 0.1) is 6.54 Å². The third kappa shape index (κ3) is 2.01. The summed E-state index contributed by atoms with van der Waals surface area (Å²) in [6.07, 6.45) is 0. The van der Waals surface area contributed by atoms with E-state index in [9.17, 15) is 0 Å². The zero-order valence-corrected chi connectivity index (χ0v) is 9.91. The van der Waals surface area contributed by atoms with Crippen LogP contribution in [0.5, 0.6) is 0 Å². The lowest BCUT2D eigenvalue weighted by Crippen LogP contribution is -2.26. The average molecular weight is 238 g/mol. The molecule has 2 N–H and O–H groups in total. The molecule has 90 valence electrons. The molecule has 2 aromatic carbocycles. The second-order valence-corrected chi connectivity index (χ2v) is 4.21. The standard InChI is InChI=1S/C15H14N2O/c16-17-11-14(12-7-3-1-4-8-12)15(18-17)13-9-5-2-6-10-13/h1-10H,11,16H2. The molecule has 0 bridgehead atoms. The summed E-state index contributed by atoms with van der Waals surface area (Å²) in [5, 5.41) is 1.37. The van der Waals surface area contributed by atoms with Crippen molar-refractivity contribution in [2.45, 2.75) is 0 Å². The smallest absolute Gasteiger partial charge is 0.161 e. The number of rotatable bonds is 2. The Bertz CT molecular complexity index is 512. The first-order valence-corrected chi connectivity index (χ1v) is 5.89. The Kier molecular flexibility index (Phi) is 2.84. The minimum absolute atomic E-state index is 0.592. The molecule has 3 nitrogen and oxygen atoms in total. The molecule has 2 aromatic rings. The number of nitrogens with two attached hydrogens (primary N) is 1. The Morgan fingerprint density at radius 1 is 0.833 bits per heavy atom. The van der Waals surface area contributed by atoms with E-state index in [0.29, 0.717) is 6.54 Å². The third-order valence-electron chi connectivity index (χ3n) is 2.95.